The van der Waals surface area contributed by atoms with Crippen molar-refractivity contribution in [1.82, 2.24) is 9.80 Å². The first kappa shape index (κ1) is 23.0. The summed E-state index contributed by atoms with van der Waals surface area (Å²) < 4.78 is 30.5. The lowest BCUT2D eigenvalue weighted by Crippen LogP contribution is -2.40. The van der Waals surface area contributed by atoms with Crippen LogP contribution in [0.4, 0.5) is 4.39 Å². The van der Waals surface area contributed by atoms with Crippen molar-refractivity contribution in [1.29, 1.82) is 0 Å². The quantitative estimate of drug-likeness (QED) is 0.479. The Morgan fingerprint density at radius 1 is 1.00 bits per heavy atom. The minimum Gasteiger partial charge on any atom is -0.494 e. The minimum atomic E-state index is -0.259. The van der Waals surface area contributed by atoms with Gasteiger partial charge in [0.25, 0.3) is 5.91 Å². The Kier molecular flexibility index (Phi) is 7.75. The summed E-state index contributed by atoms with van der Waals surface area (Å²) in [6.07, 6.45) is 0. The van der Waals surface area contributed by atoms with Crippen LogP contribution < -0.4 is 4.74 Å². The Morgan fingerprint density at radius 3 is 2.48 bits per heavy atom. The lowest BCUT2D eigenvalue weighted by atomic mass is 10.1. The van der Waals surface area contributed by atoms with E-state index in [-0.39, 0.29) is 11.7 Å². The summed E-state index contributed by atoms with van der Waals surface area (Å²) in [7, 11) is 0. The van der Waals surface area contributed by atoms with Crippen LogP contribution in [-0.2, 0) is 24.4 Å². The first-order valence-corrected chi connectivity index (χ1v) is 11.2. The Balaban J connectivity index is 1.48. The van der Waals surface area contributed by atoms with E-state index < -0.39 is 0 Å². The normalized spacial score (nSPS) is 14.0. The Hall–Kier alpha value is -3.16. The van der Waals surface area contributed by atoms with Crippen LogP contribution in [0.15, 0.2) is 65.1 Å². The topological polar surface area (TPSA) is 55.2 Å². The van der Waals surface area contributed by atoms with Gasteiger partial charge >= 0.3 is 0 Å². The highest BCUT2D eigenvalue weighted by molar-refractivity contribution is 5.91. The van der Waals surface area contributed by atoms with E-state index in [0.29, 0.717) is 64.1 Å². The van der Waals surface area contributed by atoms with Gasteiger partial charge in [-0.3, -0.25) is 9.69 Å². The number of carbonyl (C=O) groups excluding carboxylic acids is 1. The number of carbonyl (C=O) groups is 1. The molecule has 0 spiro atoms. The zero-order valence-electron chi connectivity index (χ0n) is 18.8. The zero-order valence-corrected chi connectivity index (χ0v) is 18.8. The molecular weight excluding hydrogens is 423 g/mol. The molecule has 174 valence electrons. The maximum atomic E-state index is 13.8. The third kappa shape index (κ3) is 6.43. The molecule has 33 heavy (non-hydrogen) atoms. The fourth-order valence-corrected chi connectivity index (χ4v) is 3.90. The van der Waals surface area contributed by atoms with Crippen LogP contribution in [0, 0.1) is 5.82 Å². The van der Waals surface area contributed by atoms with E-state index in [1.165, 1.54) is 6.07 Å². The van der Waals surface area contributed by atoms with Gasteiger partial charge in [0, 0.05) is 26.2 Å². The van der Waals surface area contributed by atoms with Gasteiger partial charge in [-0.2, -0.15) is 0 Å². The first-order chi connectivity index (χ1) is 16.1. The van der Waals surface area contributed by atoms with Crippen LogP contribution in [0.5, 0.6) is 5.75 Å². The van der Waals surface area contributed by atoms with Crippen LogP contribution in [0.2, 0.25) is 0 Å². The highest BCUT2D eigenvalue weighted by Gasteiger charge is 2.22. The fraction of sp³-hybridized carbons (Fsp3) is 0.346. The molecule has 1 saturated heterocycles. The number of hydrogen-bond acceptors (Lipinski definition) is 5. The Bertz CT molecular complexity index is 1040. The predicted octanol–water partition coefficient (Wildman–Crippen LogP) is 4.49. The van der Waals surface area contributed by atoms with Gasteiger partial charge in [0.1, 0.15) is 17.3 Å². The number of benzene rings is 2. The summed E-state index contributed by atoms with van der Waals surface area (Å²) in [6, 6.07) is 18.1. The van der Waals surface area contributed by atoms with Crippen molar-refractivity contribution in [3.05, 3.63) is 89.1 Å². The zero-order chi connectivity index (χ0) is 23.0. The molecule has 0 bridgehead atoms. The molecule has 1 aliphatic heterocycles. The number of furan rings is 1. The standard InChI is InChI=1S/C26H29FN2O4/c1-2-32-23-8-6-20(7-9-23)17-28(18-21-4-3-5-22(27)16-21)19-24-10-11-25(33-24)26(30)29-12-14-31-15-13-29/h3-11,16H,2,12-15,17-19H2,1H3. The molecule has 0 saturated carbocycles. The molecule has 7 heteroatoms. The van der Waals surface area contributed by atoms with Gasteiger partial charge in [0.15, 0.2) is 5.76 Å². The van der Waals surface area contributed by atoms with Gasteiger partial charge in [-0.05, 0) is 54.4 Å². The van der Waals surface area contributed by atoms with Gasteiger partial charge in [0.2, 0.25) is 0 Å². The number of halogens is 1. The molecule has 0 aliphatic carbocycles. The number of ether oxygens (including phenoxy) is 2. The molecule has 0 N–H and O–H groups in total. The molecule has 1 amide bonds. The van der Waals surface area contributed by atoms with E-state index in [1.54, 1.807) is 23.1 Å². The summed E-state index contributed by atoms with van der Waals surface area (Å²) in [5.41, 5.74) is 1.98. The van der Waals surface area contributed by atoms with Crippen LogP contribution in [-0.4, -0.2) is 48.6 Å². The largest absolute Gasteiger partial charge is 0.494 e. The number of amides is 1. The van der Waals surface area contributed by atoms with Crippen LogP contribution in [0.3, 0.4) is 0 Å². The molecule has 1 aliphatic rings. The molecule has 2 heterocycles. The second-order valence-electron chi connectivity index (χ2n) is 8.02. The second-order valence-corrected chi connectivity index (χ2v) is 8.02. The molecule has 6 nitrogen and oxygen atoms in total. The third-order valence-corrected chi connectivity index (χ3v) is 5.49. The summed E-state index contributed by atoms with van der Waals surface area (Å²) >= 11 is 0. The van der Waals surface area contributed by atoms with Crippen LogP contribution >= 0.6 is 0 Å². The molecule has 3 aromatic rings. The molecule has 0 radical (unpaired) electrons. The van der Waals surface area contributed by atoms with Gasteiger partial charge in [0.05, 0.1) is 26.4 Å². The van der Waals surface area contributed by atoms with E-state index in [1.807, 2.05) is 43.3 Å². The monoisotopic (exact) mass is 452 g/mol. The summed E-state index contributed by atoms with van der Waals surface area (Å²) in [4.78, 5) is 16.6. The van der Waals surface area contributed by atoms with Crippen molar-refractivity contribution in [2.24, 2.45) is 0 Å². The molecule has 0 atom stereocenters. The predicted molar refractivity (Wildman–Crippen MR) is 122 cm³/mol. The van der Waals surface area contributed by atoms with Crippen molar-refractivity contribution < 1.29 is 23.1 Å². The Labute approximate surface area is 193 Å². The average Bonchev–Trinajstić information content (AvgIpc) is 3.29. The average molecular weight is 453 g/mol. The van der Waals surface area contributed by atoms with E-state index in [0.717, 1.165) is 16.9 Å². The Morgan fingerprint density at radius 2 is 1.76 bits per heavy atom. The third-order valence-electron chi connectivity index (χ3n) is 5.49. The highest BCUT2D eigenvalue weighted by Crippen LogP contribution is 2.20. The van der Waals surface area contributed by atoms with Crippen molar-refractivity contribution >= 4 is 5.91 Å². The summed E-state index contributed by atoms with van der Waals surface area (Å²) in [6.45, 7) is 6.46. The van der Waals surface area contributed by atoms with Crippen molar-refractivity contribution in [2.75, 3.05) is 32.9 Å². The van der Waals surface area contributed by atoms with E-state index in [9.17, 15) is 9.18 Å². The molecule has 2 aromatic carbocycles. The number of morpholine rings is 1. The number of nitrogens with zero attached hydrogens (tertiary/aromatic N) is 2. The first-order valence-electron chi connectivity index (χ1n) is 11.2. The van der Waals surface area contributed by atoms with E-state index >= 15 is 0 Å². The van der Waals surface area contributed by atoms with Crippen LogP contribution in [0.1, 0.15) is 34.4 Å². The van der Waals surface area contributed by atoms with Gasteiger partial charge in [-0.25, -0.2) is 4.39 Å². The van der Waals surface area contributed by atoms with Crippen molar-refractivity contribution in [3.63, 3.8) is 0 Å². The molecule has 1 fully saturated rings. The smallest absolute Gasteiger partial charge is 0.289 e. The van der Waals surface area contributed by atoms with Crippen molar-refractivity contribution in [2.45, 2.75) is 26.6 Å². The SMILES string of the molecule is CCOc1ccc(CN(Cc2cccc(F)c2)Cc2ccc(C(=O)N3CCOCC3)o2)cc1. The maximum absolute atomic E-state index is 13.8. The summed E-state index contributed by atoms with van der Waals surface area (Å²) in [5, 5.41) is 0. The number of hydrogen-bond donors (Lipinski definition) is 0. The lowest BCUT2D eigenvalue weighted by Gasteiger charge is -2.25. The lowest BCUT2D eigenvalue weighted by molar-refractivity contribution is 0.0281. The van der Waals surface area contributed by atoms with Crippen molar-refractivity contribution in [3.8, 4) is 5.75 Å². The summed E-state index contributed by atoms with van der Waals surface area (Å²) in [5.74, 6) is 1.47. The van der Waals surface area contributed by atoms with E-state index in [2.05, 4.69) is 4.90 Å². The highest BCUT2D eigenvalue weighted by atomic mass is 19.1. The minimum absolute atomic E-state index is 0.118. The van der Waals surface area contributed by atoms with E-state index in [4.69, 9.17) is 13.9 Å². The molecule has 4 rings (SSSR count). The molecule has 0 unspecified atom stereocenters. The second kappa shape index (κ2) is 11.1. The maximum Gasteiger partial charge on any atom is 0.289 e. The molecule has 1 aromatic heterocycles. The van der Waals surface area contributed by atoms with Crippen LogP contribution in [0.25, 0.3) is 0 Å². The molecular formula is C26H29FN2O4. The fourth-order valence-electron chi connectivity index (χ4n) is 3.90. The van der Waals surface area contributed by atoms with Gasteiger partial charge in [-0.15, -0.1) is 0 Å². The van der Waals surface area contributed by atoms with Gasteiger partial charge in [-0.1, -0.05) is 24.3 Å². The van der Waals surface area contributed by atoms with Gasteiger partial charge < -0.3 is 18.8 Å². The number of rotatable bonds is 9.